The van der Waals surface area contributed by atoms with Gasteiger partial charge in [0.15, 0.2) is 0 Å². The van der Waals surface area contributed by atoms with Gasteiger partial charge in [-0.15, -0.1) is 0 Å². The van der Waals surface area contributed by atoms with E-state index >= 15 is 0 Å². The number of hydrogen-bond acceptors (Lipinski definition) is 0. The van der Waals surface area contributed by atoms with Gasteiger partial charge in [-0.1, -0.05) is 43.4 Å². The molecule has 0 N–H and O–H groups in total. The Balaban J connectivity index is 2.60. The van der Waals surface area contributed by atoms with E-state index in [1.165, 1.54) is 24.0 Å². The molecule has 0 aromatic heterocycles. The molecule has 0 saturated carbocycles. The van der Waals surface area contributed by atoms with E-state index in [1.54, 1.807) is 0 Å². The minimum absolute atomic E-state index is 1.11. The van der Waals surface area contributed by atoms with Gasteiger partial charge in [-0.05, 0) is 37.3 Å². The first-order chi connectivity index (χ1) is 6.34. The summed E-state index contributed by atoms with van der Waals surface area (Å²) < 4.78 is 0. The van der Waals surface area contributed by atoms with E-state index in [9.17, 15) is 0 Å². The monoisotopic (exact) mass is 174 g/mol. The molecule has 1 rings (SSSR count). The van der Waals surface area contributed by atoms with Crippen molar-refractivity contribution in [3.05, 3.63) is 47.6 Å². The molecule has 0 saturated heterocycles. The van der Waals surface area contributed by atoms with Crippen molar-refractivity contribution in [3.63, 3.8) is 0 Å². The van der Waals surface area contributed by atoms with E-state index < -0.39 is 0 Å². The second-order valence-corrected chi connectivity index (χ2v) is 3.34. The predicted molar refractivity (Wildman–Crippen MR) is 59.6 cm³/mol. The van der Waals surface area contributed by atoms with Gasteiger partial charge in [0, 0.05) is 0 Å². The molecule has 13 heavy (non-hydrogen) atoms. The van der Waals surface area contributed by atoms with Crippen LogP contribution in [0.5, 0.6) is 0 Å². The van der Waals surface area contributed by atoms with E-state index in [2.05, 4.69) is 50.3 Å². The molecular formula is C13H18. The van der Waals surface area contributed by atoms with Crippen LogP contribution in [0.4, 0.5) is 0 Å². The molecule has 0 aliphatic heterocycles. The van der Waals surface area contributed by atoms with Gasteiger partial charge in [0.05, 0.1) is 0 Å². The topological polar surface area (TPSA) is 0 Å². The average Bonchev–Trinajstić information content (AvgIpc) is 2.19. The molecule has 0 fully saturated rings. The summed E-state index contributed by atoms with van der Waals surface area (Å²) in [7, 11) is 0. The summed E-state index contributed by atoms with van der Waals surface area (Å²) in [5.74, 6) is 0. The highest BCUT2D eigenvalue weighted by Gasteiger charge is 1.99. The highest BCUT2D eigenvalue weighted by Crippen LogP contribution is 2.19. The first-order valence-corrected chi connectivity index (χ1v) is 5.04. The summed E-state index contributed by atoms with van der Waals surface area (Å²) in [6.07, 6.45) is 16.6. The fourth-order valence-corrected chi connectivity index (χ4v) is 1.39. The Morgan fingerprint density at radius 1 is 1.54 bits per heavy atom. The third kappa shape index (κ3) is 3.45. The van der Waals surface area contributed by atoms with Crippen molar-refractivity contribution < 1.29 is 0 Å². The van der Waals surface area contributed by atoms with E-state index in [0.29, 0.717) is 0 Å². The van der Waals surface area contributed by atoms with Crippen LogP contribution in [0, 0.1) is 0 Å². The Labute approximate surface area is 81.4 Å². The largest absolute Gasteiger partial charge is 0.0848 e. The summed E-state index contributed by atoms with van der Waals surface area (Å²) in [6.45, 7) is 4.34. The van der Waals surface area contributed by atoms with Crippen molar-refractivity contribution in [2.45, 2.75) is 33.1 Å². The fourth-order valence-electron chi connectivity index (χ4n) is 1.39. The molecule has 0 spiro atoms. The van der Waals surface area contributed by atoms with Crippen LogP contribution in [0.1, 0.15) is 33.1 Å². The highest BCUT2D eigenvalue weighted by atomic mass is 14.0. The van der Waals surface area contributed by atoms with Crippen LogP contribution in [0.25, 0.3) is 0 Å². The smallest absolute Gasteiger partial charge is 0.0241 e. The van der Waals surface area contributed by atoms with Crippen LogP contribution < -0.4 is 0 Å². The summed E-state index contributed by atoms with van der Waals surface area (Å²) in [5.41, 5.74) is 2.87. The van der Waals surface area contributed by atoms with Crippen molar-refractivity contribution in [1.82, 2.24) is 0 Å². The molecule has 0 nitrogen and oxygen atoms in total. The Bertz CT molecular complexity index is 262. The molecule has 0 unspecified atom stereocenters. The third-order valence-corrected chi connectivity index (χ3v) is 2.24. The van der Waals surface area contributed by atoms with Crippen molar-refractivity contribution >= 4 is 0 Å². The molecule has 0 aromatic carbocycles. The van der Waals surface area contributed by atoms with Gasteiger partial charge in [0.2, 0.25) is 0 Å². The van der Waals surface area contributed by atoms with Crippen LogP contribution >= 0.6 is 0 Å². The van der Waals surface area contributed by atoms with Gasteiger partial charge < -0.3 is 0 Å². The van der Waals surface area contributed by atoms with Crippen LogP contribution in [0.2, 0.25) is 0 Å². The Hall–Kier alpha value is -1.04. The normalized spacial score (nSPS) is 18.0. The van der Waals surface area contributed by atoms with Crippen molar-refractivity contribution in [2.24, 2.45) is 0 Å². The molecule has 0 radical (unpaired) electrons. The molecule has 0 heterocycles. The van der Waals surface area contributed by atoms with E-state index in [1.807, 2.05) is 0 Å². The van der Waals surface area contributed by atoms with Crippen LogP contribution in [-0.2, 0) is 0 Å². The van der Waals surface area contributed by atoms with Gasteiger partial charge in [0.25, 0.3) is 0 Å². The van der Waals surface area contributed by atoms with E-state index in [-0.39, 0.29) is 0 Å². The van der Waals surface area contributed by atoms with Gasteiger partial charge in [0.1, 0.15) is 0 Å². The molecule has 1 aliphatic rings. The van der Waals surface area contributed by atoms with Gasteiger partial charge in [-0.2, -0.15) is 0 Å². The summed E-state index contributed by atoms with van der Waals surface area (Å²) in [5, 5.41) is 0. The second-order valence-electron chi connectivity index (χ2n) is 3.34. The second kappa shape index (κ2) is 5.58. The minimum Gasteiger partial charge on any atom is -0.0848 e. The summed E-state index contributed by atoms with van der Waals surface area (Å²) in [4.78, 5) is 0. The predicted octanol–water partition coefficient (Wildman–Crippen LogP) is 4.18. The SMILES string of the molecule is CCC=CC=C(C)C1=CC=CCC1. The maximum absolute atomic E-state index is 2.22. The lowest BCUT2D eigenvalue weighted by Crippen LogP contribution is -1.88. The average molecular weight is 174 g/mol. The van der Waals surface area contributed by atoms with Gasteiger partial charge >= 0.3 is 0 Å². The Morgan fingerprint density at radius 3 is 3.00 bits per heavy atom. The van der Waals surface area contributed by atoms with Crippen molar-refractivity contribution in [3.8, 4) is 0 Å². The summed E-state index contributed by atoms with van der Waals surface area (Å²) in [6, 6.07) is 0. The minimum atomic E-state index is 1.11. The lowest BCUT2D eigenvalue weighted by molar-refractivity contribution is 0.968. The first-order valence-electron chi connectivity index (χ1n) is 5.04. The number of rotatable bonds is 3. The zero-order chi connectivity index (χ0) is 9.52. The van der Waals surface area contributed by atoms with Gasteiger partial charge in [-0.25, -0.2) is 0 Å². The molecule has 0 heteroatoms. The maximum atomic E-state index is 2.22. The first kappa shape index (κ1) is 10.0. The maximum Gasteiger partial charge on any atom is -0.0241 e. The quantitative estimate of drug-likeness (QED) is 0.563. The molecule has 70 valence electrons. The third-order valence-electron chi connectivity index (χ3n) is 2.24. The lowest BCUT2D eigenvalue weighted by atomic mass is 9.98. The van der Waals surface area contributed by atoms with Crippen molar-refractivity contribution in [1.29, 1.82) is 0 Å². The van der Waals surface area contributed by atoms with Gasteiger partial charge in [-0.3, -0.25) is 0 Å². The number of hydrogen-bond donors (Lipinski definition) is 0. The molecule has 0 amide bonds. The van der Waals surface area contributed by atoms with Crippen LogP contribution in [-0.4, -0.2) is 0 Å². The van der Waals surface area contributed by atoms with E-state index in [0.717, 1.165) is 6.42 Å². The molecule has 0 aromatic rings. The van der Waals surface area contributed by atoms with E-state index in [4.69, 9.17) is 0 Å². The Morgan fingerprint density at radius 2 is 2.38 bits per heavy atom. The van der Waals surface area contributed by atoms with Crippen LogP contribution in [0.3, 0.4) is 0 Å². The highest BCUT2D eigenvalue weighted by molar-refractivity contribution is 5.36. The standard InChI is InChI=1S/C13H18/c1-3-4-6-9-12(2)13-10-7-5-8-11-13/h4-7,9-10H,3,8,11H2,1-2H3. The molecule has 0 bridgehead atoms. The lowest BCUT2D eigenvalue weighted by Gasteiger charge is -2.08. The summed E-state index contributed by atoms with van der Waals surface area (Å²) >= 11 is 0. The van der Waals surface area contributed by atoms with Crippen LogP contribution in [0.15, 0.2) is 47.6 Å². The molecule has 0 atom stereocenters. The van der Waals surface area contributed by atoms with Crippen molar-refractivity contribution in [2.75, 3.05) is 0 Å². The molecule has 1 aliphatic carbocycles. The Kier molecular flexibility index (Phi) is 4.31. The fraction of sp³-hybridized carbons (Fsp3) is 0.385. The molecular weight excluding hydrogens is 156 g/mol. The number of allylic oxidation sites excluding steroid dienone is 8. The zero-order valence-electron chi connectivity index (χ0n) is 8.59. The zero-order valence-corrected chi connectivity index (χ0v) is 8.59.